The highest BCUT2D eigenvalue weighted by molar-refractivity contribution is 5.37. The number of halogens is 2. The van der Waals surface area contributed by atoms with Gasteiger partial charge in [0.05, 0.1) is 0 Å². The Bertz CT molecular complexity index is 639. The summed E-state index contributed by atoms with van der Waals surface area (Å²) in [4.78, 5) is 12.8. The lowest BCUT2D eigenvalue weighted by Crippen LogP contribution is -2.34. The van der Waals surface area contributed by atoms with Crippen LogP contribution in [0.5, 0.6) is 5.75 Å². The maximum Gasteiger partial charge on any atom is 0.387 e. The van der Waals surface area contributed by atoms with Crippen molar-refractivity contribution >= 4 is 5.82 Å². The molecule has 1 aromatic carbocycles. The van der Waals surface area contributed by atoms with Gasteiger partial charge in [0.15, 0.2) is 0 Å². The van der Waals surface area contributed by atoms with E-state index < -0.39 is 6.61 Å². The number of rotatable bonds is 6. The first-order valence-corrected chi connectivity index (χ1v) is 7.87. The minimum atomic E-state index is -2.78. The van der Waals surface area contributed by atoms with Crippen LogP contribution in [0, 0.1) is 0 Å². The SMILES string of the molecule is CN(c1ccncn1)C1CCN(Cc2ccc(OC(F)F)cc2)C1. The van der Waals surface area contributed by atoms with Crippen LogP contribution in [0.3, 0.4) is 0 Å². The van der Waals surface area contributed by atoms with E-state index in [4.69, 9.17) is 0 Å². The molecule has 7 heteroatoms. The van der Waals surface area contributed by atoms with Gasteiger partial charge in [-0.1, -0.05) is 12.1 Å². The number of benzene rings is 1. The summed E-state index contributed by atoms with van der Waals surface area (Å²) in [5, 5.41) is 0. The number of alkyl halides is 2. The van der Waals surface area contributed by atoms with Crippen molar-refractivity contribution < 1.29 is 13.5 Å². The number of hydrogen-bond acceptors (Lipinski definition) is 5. The van der Waals surface area contributed by atoms with Crippen molar-refractivity contribution in [2.75, 3.05) is 25.0 Å². The van der Waals surface area contributed by atoms with Gasteiger partial charge in [0.2, 0.25) is 0 Å². The fourth-order valence-electron chi connectivity index (χ4n) is 2.99. The maximum atomic E-state index is 12.2. The van der Waals surface area contributed by atoms with E-state index in [1.807, 2.05) is 25.2 Å². The fourth-order valence-corrected chi connectivity index (χ4v) is 2.99. The molecule has 1 aliphatic heterocycles. The van der Waals surface area contributed by atoms with Crippen LogP contribution in [-0.4, -0.2) is 47.7 Å². The molecule has 0 bridgehead atoms. The largest absolute Gasteiger partial charge is 0.435 e. The first kappa shape index (κ1) is 16.6. The minimum absolute atomic E-state index is 0.191. The quantitative estimate of drug-likeness (QED) is 0.812. The van der Waals surface area contributed by atoms with E-state index in [0.29, 0.717) is 6.04 Å². The van der Waals surface area contributed by atoms with Gasteiger partial charge in [-0.15, -0.1) is 0 Å². The normalized spacial score (nSPS) is 18.1. The number of nitrogens with zero attached hydrogens (tertiary/aromatic N) is 4. The summed E-state index contributed by atoms with van der Waals surface area (Å²) in [7, 11) is 2.05. The number of ether oxygens (including phenoxy) is 1. The van der Waals surface area contributed by atoms with Crippen molar-refractivity contribution in [2.24, 2.45) is 0 Å². The Labute approximate surface area is 139 Å². The van der Waals surface area contributed by atoms with Crippen LogP contribution in [0.4, 0.5) is 14.6 Å². The molecule has 0 radical (unpaired) electrons. The van der Waals surface area contributed by atoms with E-state index in [-0.39, 0.29) is 5.75 Å². The first-order chi connectivity index (χ1) is 11.6. The van der Waals surface area contributed by atoms with Gasteiger partial charge in [0.1, 0.15) is 17.9 Å². The Kier molecular flexibility index (Phi) is 5.20. The zero-order valence-corrected chi connectivity index (χ0v) is 13.5. The molecule has 128 valence electrons. The molecule has 24 heavy (non-hydrogen) atoms. The lowest BCUT2D eigenvalue weighted by Gasteiger charge is -2.25. The van der Waals surface area contributed by atoms with E-state index in [1.165, 1.54) is 0 Å². The topological polar surface area (TPSA) is 41.5 Å². The molecule has 0 saturated carbocycles. The Morgan fingerprint density at radius 2 is 2.08 bits per heavy atom. The van der Waals surface area contributed by atoms with Crippen molar-refractivity contribution in [3.63, 3.8) is 0 Å². The molecule has 1 atom stereocenters. The molecule has 0 amide bonds. The maximum absolute atomic E-state index is 12.2. The van der Waals surface area contributed by atoms with Gasteiger partial charge in [0, 0.05) is 38.9 Å². The van der Waals surface area contributed by atoms with Gasteiger partial charge in [-0.3, -0.25) is 4.90 Å². The summed E-state index contributed by atoms with van der Waals surface area (Å²) in [5.74, 6) is 1.11. The predicted octanol–water partition coefficient (Wildman–Crippen LogP) is 2.79. The van der Waals surface area contributed by atoms with Gasteiger partial charge in [0.25, 0.3) is 0 Å². The molecule has 0 aliphatic carbocycles. The standard InChI is InChI=1S/C17H20F2N4O/c1-22(16-6-8-20-12-21-16)14-7-9-23(11-14)10-13-2-4-15(5-3-13)24-17(18)19/h2-6,8,12,14,17H,7,9-11H2,1H3. The van der Waals surface area contributed by atoms with Crippen LogP contribution in [0.2, 0.25) is 0 Å². The Balaban J connectivity index is 1.54. The first-order valence-electron chi connectivity index (χ1n) is 7.87. The summed E-state index contributed by atoms with van der Waals surface area (Å²) >= 11 is 0. The molecule has 2 aromatic rings. The number of likely N-dealkylation sites (tertiary alicyclic amines) is 1. The van der Waals surface area contributed by atoms with Gasteiger partial charge in [-0.2, -0.15) is 8.78 Å². The molecule has 0 spiro atoms. The molecule has 2 heterocycles. The number of hydrogen-bond donors (Lipinski definition) is 0. The molecular weight excluding hydrogens is 314 g/mol. The third kappa shape index (κ3) is 4.17. The molecule has 1 aliphatic rings. The number of likely N-dealkylation sites (N-methyl/N-ethyl adjacent to an activating group) is 1. The molecule has 1 unspecified atom stereocenters. The Morgan fingerprint density at radius 3 is 2.75 bits per heavy atom. The van der Waals surface area contributed by atoms with E-state index in [1.54, 1.807) is 24.7 Å². The summed E-state index contributed by atoms with van der Waals surface area (Å²) < 4.78 is 28.7. The van der Waals surface area contributed by atoms with Crippen LogP contribution in [-0.2, 0) is 6.54 Å². The van der Waals surface area contributed by atoms with Crippen molar-refractivity contribution in [3.8, 4) is 5.75 Å². The molecule has 1 aromatic heterocycles. The summed E-state index contributed by atoms with van der Waals surface area (Å²) in [5.41, 5.74) is 1.09. The van der Waals surface area contributed by atoms with Gasteiger partial charge >= 0.3 is 6.61 Å². The average molecular weight is 334 g/mol. The molecule has 3 rings (SSSR count). The molecule has 1 saturated heterocycles. The van der Waals surface area contributed by atoms with Crippen LogP contribution < -0.4 is 9.64 Å². The van der Waals surface area contributed by atoms with Crippen molar-refractivity contribution in [1.29, 1.82) is 0 Å². The second-order valence-corrected chi connectivity index (χ2v) is 5.88. The molecule has 0 N–H and O–H groups in total. The number of aromatic nitrogens is 2. The van der Waals surface area contributed by atoms with E-state index in [2.05, 4.69) is 24.5 Å². The zero-order valence-electron chi connectivity index (χ0n) is 13.5. The Morgan fingerprint density at radius 1 is 1.29 bits per heavy atom. The molecule has 1 fully saturated rings. The van der Waals surface area contributed by atoms with Crippen LogP contribution in [0.25, 0.3) is 0 Å². The minimum Gasteiger partial charge on any atom is -0.435 e. The van der Waals surface area contributed by atoms with Crippen molar-refractivity contribution in [1.82, 2.24) is 14.9 Å². The lowest BCUT2D eigenvalue weighted by molar-refractivity contribution is -0.0498. The van der Waals surface area contributed by atoms with Crippen LogP contribution in [0.1, 0.15) is 12.0 Å². The smallest absolute Gasteiger partial charge is 0.387 e. The average Bonchev–Trinajstić information content (AvgIpc) is 3.05. The second kappa shape index (κ2) is 7.53. The fraction of sp³-hybridized carbons (Fsp3) is 0.412. The van der Waals surface area contributed by atoms with E-state index in [9.17, 15) is 8.78 Å². The highest BCUT2D eigenvalue weighted by Gasteiger charge is 2.26. The highest BCUT2D eigenvalue weighted by atomic mass is 19.3. The number of anilines is 1. The van der Waals surface area contributed by atoms with Crippen LogP contribution in [0.15, 0.2) is 42.9 Å². The summed E-state index contributed by atoms with van der Waals surface area (Å²) in [6, 6.07) is 9.15. The molecular formula is C17H20F2N4O. The monoisotopic (exact) mass is 334 g/mol. The van der Waals surface area contributed by atoms with Crippen LogP contribution >= 0.6 is 0 Å². The van der Waals surface area contributed by atoms with E-state index >= 15 is 0 Å². The van der Waals surface area contributed by atoms with Crippen molar-refractivity contribution in [2.45, 2.75) is 25.6 Å². The lowest BCUT2D eigenvalue weighted by atomic mass is 10.2. The third-order valence-electron chi connectivity index (χ3n) is 4.28. The summed E-state index contributed by atoms with van der Waals surface area (Å²) in [6.45, 7) is -0.0543. The third-order valence-corrected chi connectivity index (χ3v) is 4.28. The second-order valence-electron chi connectivity index (χ2n) is 5.88. The van der Waals surface area contributed by atoms with E-state index in [0.717, 1.165) is 37.4 Å². The highest BCUT2D eigenvalue weighted by Crippen LogP contribution is 2.22. The van der Waals surface area contributed by atoms with Gasteiger partial charge in [-0.25, -0.2) is 9.97 Å². The van der Waals surface area contributed by atoms with Gasteiger partial charge < -0.3 is 9.64 Å². The predicted molar refractivity (Wildman–Crippen MR) is 87.2 cm³/mol. The summed E-state index contributed by atoms with van der Waals surface area (Å²) in [6.07, 6.45) is 4.36. The van der Waals surface area contributed by atoms with Crippen molar-refractivity contribution in [3.05, 3.63) is 48.4 Å². The molecule has 5 nitrogen and oxygen atoms in total. The Hall–Kier alpha value is -2.28. The van der Waals surface area contributed by atoms with Gasteiger partial charge in [-0.05, 0) is 30.2 Å². The zero-order chi connectivity index (χ0) is 16.9.